The number of aliphatic hydroxyl groups excluding tert-OH is 2. The van der Waals surface area contributed by atoms with Crippen molar-refractivity contribution in [1.29, 1.82) is 0 Å². The molecule has 0 aromatic carbocycles. The molecule has 0 aromatic heterocycles. The van der Waals surface area contributed by atoms with E-state index in [0.717, 1.165) is 0 Å². The summed E-state index contributed by atoms with van der Waals surface area (Å²) in [6.07, 6.45) is -0.513. The van der Waals surface area contributed by atoms with Gasteiger partial charge in [-0.25, -0.2) is 4.79 Å². The molecule has 0 heterocycles. The molecule has 0 fully saturated rings. The van der Waals surface area contributed by atoms with Crippen LogP contribution in [0.25, 0.3) is 0 Å². The molecule has 0 aliphatic carbocycles. The summed E-state index contributed by atoms with van der Waals surface area (Å²) in [6, 6.07) is 0. The van der Waals surface area contributed by atoms with Gasteiger partial charge in [0.2, 0.25) is 0 Å². The fourth-order valence-electron chi connectivity index (χ4n) is 0.228. The molecule has 0 aliphatic rings. The molecule has 0 amide bonds. The molecule has 0 aliphatic heterocycles. The first-order valence-corrected chi connectivity index (χ1v) is 3.66. The minimum atomic E-state index is -0.935. The third-order valence-electron chi connectivity index (χ3n) is 1.01. The Kier molecular flexibility index (Phi) is 10.3. The third kappa shape index (κ3) is 14.0. The van der Waals surface area contributed by atoms with Crippen LogP contribution in [0, 0.1) is 0 Å². The van der Waals surface area contributed by atoms with E-state index in [1.165, 1.54) is 14.0 Å². The molecular weight excluding hydrogens is 176 g/mol. The number of hydrogen-bond donors (Lipinski definition) is 3. The van der Waals surface area contributed by atoms with E-state index >= 15 is 0 Å². The van der Waals surface area contributed by atoms with Crippen molar-refractivity contribution in [2.45, 2.75) is 19.6 Å². The summed E-state index contributed by atoms with van der Waals surface area (Å²) in [5.74, 6) is -0.935. The van der Waals surface area contributed by atoms with Gasteiger partial charge in [-0.2, -0.15) is 0 Å². The molecule has 0 bridgehead atoms. The van der Waals surface area contributed by atoms with Gasteiger partial charge in [-0.1, -0.05) is 6.58 Å². The first-order chi connectivity index (χ1) is 5.95. The maximum absolute atomic E-state index is 9.60. The molecule has 0 saturated heterocycles. The minimum Gasteiger partial charge on any atom is -0.478 e. The van der Waals surface area contributed by atoms with Crippen LogP contribution in [0.2, 0.25) is 0 Å². The van der Waals surface area contributed by atoms with Crippen molar-refractivity contribution in [3.05, 3.63) is 12.2 Å². The van der Waals surface area contributed by atoms with Crippen LogP contribution in [0.15, 0.2) is 12.2 Å². The molecule has 5 heteroatoms. The number of aliphatic hydroxyl groups is 2. The zero-order valence-electron chi connectivity index (χ0n) is 7.86. The Hall–Kier alpha value is -0.910. The molecule has 0 rings (SSSR count). The molecule has 13 heavy (non-hydrogen) atoms. The van der Waals surface area contributed by atoms with Crippen LogP contribution >= 0.6 is 0 Å². The summed E-state index contributed by atoms with van der Waals surface area (Å²) in [5.41, 5.74) is 0.176. The van der Waals surface area contributed by atoms with Crippen molar-refractivity contribution in [2.75, 3.05) is 13.7 Å². The highest BCUT2D eigenvalue weighted by Crippen LogP contribution is 1.87. The zero-order valence-corrected chi connectivity index (χ0v) is 7.86. The largest absolute Gasteiger partial charge is 0.478 e. The van der Waals surface area contributed by atoms with E-state index in [-0.39, 0.29) is 18.6 Å². The number of carbonyl (C=O) groups is 1. The minimum absolute atomic E-state index is 0.0327. The zero-order chi connectivity index (χ0) is 10.9. The Balaban J connectivity index is 0. The molecule has 78 valence electrons. The summed E-state index contributed by atoms with van der Waals surface area (Å²) < 4.78 is 4.39. The lowest BCUT2D eigenvalue weighted by atomic mass is 10.4. The lowest BCUT2D eigenvalue weighted by Gasteiger charge is -2.02. The normalized spacial score (nSPS) is 11.1. The number of aliphatic carboxylic acids is 1. The lowest BCUT2D eigenvalue weighted by molar-refractivity contribution is -0.132. The summed E-state index contributed by atoms with van der Waals surface area (Å²) in [7, 11) is 1.39. The van der Waals surface area contributed by atoms with Gasteiger partial charge in [0.25, 0.3) is 0 Å². The van der Waals surface area contributed by atoms with Crippen molar-refractivity contribution in [2.24, 2.45) is 0 Å². The topological polar surface area (TPSA) is 87.0 Å². The van der Waals surface area contributed by atoms with E-state index in [1.54, 1.807) is 0 Å². The van der Waals surface area contributed by atoms with Crippen molar-refractivity contribution in [1.82, 2.24) is 0 Å². The highest BCUT2D eigenvalue weighted by Gasteiger charge is 1.95. The Bertz CT molecular complexity index is 143. The average Bonchev–Trinajstić information content (AvgIpc) is 2.05. The predicted octanol–water partition coefficient (Wildman–Crippen LogP) is -0.0193. The van der Waals surface area contributed by atoms with Gasteiger partial charge in [-0.3, -0.25) is 0 Å². The van der Waals surface area contributed by atoms with Crippen LogP contribution in [-0.2, 0) is 9.53 Å². The summed E-state index contributed by atoms with van der Waals surface area (Å²) >= 11 is 0. The number of carboxylic acids is 1. The fraction of sp³-hybridized carbons (Fsp3) is 0.625. The van der Waals surface area contributed by atoms with E-state index in [4.69, 9.17) is 15.3 Å². The van der Waals surface area contributed by atoms with Crippen LogP contribution in [0.5, 0.6) is 0 Å². The first kappa shape index (κ1) is 14.6. The van der Waals surface area contributed by atoms with E-state index in [0.29, 0.717) is 0 Å². The first-order valence-electron chi connectivity index (χ1n) is 3.66. The predicted molar refractivity (Wildman–Crippen MR) is 47.2 cm³/mol. The number of ether oxygens (including phenoxy) is 1. The SMILES string of the molecule is C=C(C)C(=O)O.COC(O)CCO. The smallest absolute Gasteiger partial charge is 0.330 e. The highest BCUT2D eigenvalue weighted by atomic mass is 16.6. The number of carboxylic acid groups (broad SMARTS) is 1. The van der Waals surface area contributed by atoms with Gasteiger partial charge in [0.05, 0.1) is 0 Å². The second-order valence-electron chi connectivity index (χ2n) is 2.29. The molecule has 1 unspecified atom stereocenters. The quantitative estimate of drug-likeness (QED) is 0.430. The summed E-state index contributed by atoms with van der Waals surface area (Å²) in [4.78, 5) is 9.60. The van der Waals surface area contributed by atoms with Crippen molar-refractivity contribution in [3.8, 4) is 0 Å². The van der Waals surface area contributed by atoms with E-state index in [2.05, 4.69) is 11.3 Å². The van der Waals surface area contributed by atoms with Crippen molar-refractivity contribution >= 4 is 5.97 Å². The van der Waals surface area contributed by atoms with E-state index in [9.17, 15) is 4.79 Å². The van der Waals surface area contributed by atoms with Gasteiger partial charge < -0.3 is 20.1 Å². The van der Waals surface area contributed by atoms with Crippen LogP contribution in [0.4, 0.5) is 0 Å². The summed E-state index contributed by atoms with van der Waals surface area (Å²) in [5, 5.41) is 24.5. The molecule has 0 aromatic rings. The Labute approximate surface area is 77.3 Å². The van der Waals surface area contributed by atoms with E-state index < -0.39 is 12.3 Å². The number of rotatable bonds is 4. The summed E-state index contributed by atoms with van der Waals surface area (Å²) in [6.45, 7) is 4.57. The maximum Gasteiger partial charge on any atom is 0.330 e. The second-order valence-corrected chi connectivity index (χ2v) is 2.29. The van der Waals surface area contributed by atoms with Gasteiger partial charge in [0.1, 0.15) is 0 Å². The van der Waals surface area contributed by atoms with Gasteiger partial charge >= 0.3 is 5.97 Å². The maximum atomic E-state index is 9.60. The molecule has 0 spiro atoms. The Morgan fingerprint density at radius 2 is 2.00 bits per heavy atom. The third-order valence-corrected chi connectivity index (χ3v) is 1.01. The molecule has 3 N–H and O–H groups in total. The van der Waals surface area contributed by atoms with Gasteiger partial charge in [-0.05, 0) is 6.92 Å². The number of methoxy groups -OCH3 is 1. The average molecular weight is 192 g/mol. The molecule has 0 radical (unpaired) electrons. The van der Waals surface area contributed by atoms with Crippen LogP contribution < -0.4 is 0 Å². The Morgan fingerprint density at radius 3 is 2.08 bits per heavy atom. The van der Waals surface area contributed by atoms with E-state index in [1.807, 2.05) is 0 Å². The number of hydrogen-bond acceptors (Lipinski definition) is 4. The highest BCUT2D eigenvalue weighted by molar-refractivity contribution is 5.84. The van der Waals surface area contributed by atoms with Gasteiger partial charge in [0, 0.05) is 25.7 Å². The van der Waals surface area contributed by atoms with Crippen LogP contribution in [-0.4, -0.2) is 41.3 Å². The van der Waals surface area contributed by atoms with Gasteiger partial charge in [0.15, 0.2) is 6.29 Å². The lowest BCUT2D eigenvalue weighted by Crippen LogP contribution is -2.09. The van der Waals surface area contributed by atoms with Crippen LogP contribution in [0.1, 0.15) is 13.3 Å². The second kappa shape index (κ2) is 9.18. The molecule has 0 saturated carbocycles. The fourth-order valence-corrected chi connectivity index (χ4v) is 0.228. The standard InChI is InChI=1S/C4H10O3.C4H6O2/c1-7-4(6)2-3-5;1-3(2)4(5)6/h4-6H,2-3H2,1H3;1H2,2H3,(H,5,6). The molecular formula is C8H16O5. The monoisotopic (exact) mass is 192 g/mol. The molecule has 5 nitrogen and oxygen atoms in total. The van der Waals surface area contributed by atoms with Crippen molar-refractivity contribution < 1.29 is 24.9 Å². The van der Waals surface area contributed by atoms with Crippen molar-refractivity contribution in [3.63, 3.8) is 0 Å². The van der Waals surface area contributed by atoms with Gasteiger partial charge in [-0.15, -0.1) is 0 Å². The van der Waals surface area contributed by atoms with Crippen LogP contribution in [0.3, 0.4) is 0 Å². The Morgan fingerprint density at radius 1 is 1.62 bits per heavy atom. The molecule has 1 atom stereocenters.